The van der Waals surface area contributed by atoms with Gasteiger partial charge in [0.1, 0.15) is 0 Å². The van der Waals surface area contributed by atoms with Gasteiger partial charge in [-0.2, -0.15) is 0 Å². The fourth-order valence-corrected chi connectivity index (χ4v) is 4.00. The van der Waals surface area contributed by atoms with E-state index in [1.54, 1.807) is 11.3 Å². The Morgan fingerprint density at radius 3 is 2.44 bits per heavy atom. The summed E-state index contributed by atoms with van der Waals surface area (Å²) in [6.07, 6.45) is 2.41. The van der Waals surface area contributed by atoms with E-state index >= 15 is 0 Å². The van der Waals surface area contributed by atoms with Gasteiger partial charge in [0.05, 0.1) is 17.2 Å². The Bertz CT molecular complexity index is 534. The van der Waals surface area contributed by atoms with Gasteiger partial charge in [0, 0.05) is 44.6 Å². The number of guanidine groups is 1. The zero-order chi connectivity index (χ0) is 18.1. The number of nitrogens with one attached hydrogen (secondary N) is 2. The summed E-state index contributed by atoms with van der Waals surface area (Å²) >= 11 is 1.75. The first-order valence-electron chi connectivity index (χ1n) is 9.44. The van der Waals surface area contributed by atoms with Crippen molar-refractivity contribution in [2.24, 2.45) is 4.99 Å². The molecule has 1 fully saturated rings. The van der Waals surface area contributed by atoms with Crippen LogP contribution in [0.4, 0.5) is 0 Å². The molecule has 0 atom stereocenters. The molecule has 25 heavy (non-hydrogen) atoms. The summed E-state index contributed by atoms with van der Waals surface area (Å²) < 4.78 is 0. The van der Waals surface area contributed by atoms with Crippen LogP contribution in [0.5, 0.6) is 0 Å². The molecule has 0 amide bonds. The van der Waals surface area contributed by atoms with E-state index in [2.05, 4.69) is 51.2 Å². The first kappa shape index (κ1) is 20.1. The Morgan fingerprint density at radius 2 is 1.84 bits per heavy atom. The van der Waals surface area contributed by atoms with E-state index in [1.165, 1.54) is 57.0 Å². The van der Waals surface area contributed by atoms with Gasteiger partial charge in [-0.3, -0.25) is 4.99 Å². The minimum atomic E-state index is 0.790. The van der Waals surface area contributed by atoms with Gasteiger partial charge in [-0.15, -0.1) is 11.3 Å². The van der Waals surface area contributed by atoms with Crippen LogP contribution in [-0.4, -0.2) is 73.6 Å². The van der Waals surface area contributed by atoms with Crippen LogP contribution >= 0.6 is 11.3 Å². The molecular formula is C18H34N6S. The van der Waals surface area contributed by atoms with E-state index in [4.69, 9.17) is 0 Å². The van der Waals surface area contributed by atoms with Crippen LogP contribution in [0.1, 0.15) is 35.3 Å². The van der Waals surface area contributed by atoms with Gasteiger partial charge >= 0.3 is 0 Å². The van der Waals surface area contributed by atoms with E-state index in [0.717, 1.165) is 29.8 Å². The van der Waals surface area contributed by atoms with E-state index in [9.17, 15) is 0 Å². The number of likely N-dealkylation sites (N-methyl/N-ethyl adjacent to an activating group) is 1. The first-order chi connectivity index (χ1) is 12.1. The van der Waals surface area contributed by atoms with Gasteiger partial charge in [0.25, 0.3) is 0 Å². The molecule has 0 aromatic carbocycles. The van der Waals surface area contributed by atoms with Gasteiger partial charge in [-0.1, -0.05) is 6.92 Å². The molecule has 2 rings (SSSR count). The number of hydrogen-bond acceptors (Lipinski definition) is 5. The molecule has 2 heterocycles. The molecule has 1 aromatic rings. The van der Waals surface area contributed by atoms with Crippen molar-refractivity contribution in [3.63, 3.8) is 0 Å². The van der Waals surface area contributed by atoms with Crippen molar-refractivity contribution in [3.8, 4) is 0 Å². The van der Waals surface area contributed by atoms with Crippen LogP contribution < -0.4 is 10.6 Å². The number of aliphatic imine (C=N–C) groups is 1. The molecule has 1 aromatic heterocycles. The molecule has 1 aliphatic heterocycles. The van der Waals surface area contributed by atoms with Crippen molar-refractivity contribution in [3.05, 3.63) is 15.6 Å². The van der Waals surface area contributed by atoms with E-state index in [1.807, 2.05) is 7.05 Å². The summed E-state index contributed by atoms with van der Waals surface area (Å²) in [5, 5.41) is 7.92. The van der Waals surface area contributed by atoms with Crippen molar-refractivity contribution < 1.29 is 0 Å². The lowest BCUT2D eigenvalue weighted by Crippen LogP contribution is -2.46. The Balaban J connectivity index is 1.56. The fourth-order valence-electron chi connectivity index (χ4n) is 3.12. The quantitative estimate of drug-likeness (QED) is 0.418. The summed E-state index contributed by atoms with van der Waals surface area (Å²) in [4.78, 5) is 15.2. The highest BCUT2D eigenvalue weighted by molar-refractivity contribution is 7.11. The molecule has 2 N–H and O–H groups in total. The third-order valence-electron chi connectivity index (χ3n) is 4.75. The normalized spacial score (nSPS) is 17.0. The average molecular weight is 367 g/mol. The van der Waals surface area contributed by atoms with Crippen LogP contribution in [0.25, 0.3) is 0 Å². The smallest absolute Gasteiger partial charge is 0.191 e. The number of nitrogens with zero attached hydrogens (tertiary/aromatic N) is 4. The predicted octanol–water partition coefficient (Wildman–Crippen LogP) is 1.84. The second kappa shape index (κ2) is 10.7. The molecule has 142 valence electrons. The molecule has 0 spiro atoms. The third kappa shape index (κ3) is 6.92. The number of hydrogen-bond donors (Lipinski definition) is 2. The number of thiazole rings is 1. The second-order valence-corrected chi connectivity index (χ2v) is 7.86. The van der Waals surface area contributed by atoms with Crippen molar-refractivity contribution >= 4 is 17.3 Å². The second-order valence-electron chi connectivity index (χ2n) is 6.58. The molecule has 0 radical (unpaired) electrons. The maximum Gasteiger partial charge on any atom is 0.191 e. The van der Waals surface area contributed by atoms with Crippen molar-refractivity contribution in [1.82, 2.24) is 25.4 Å². The molecule has 0 saturated carbocycles. The van der Waals surface area contributed by atoms with E-state index in [0.29, 0.717) is 0 Å². The Morgan fingerprint density at radius 1 is 1.12 bits per heavy atom. The van der Waals surface area contributed by atoms with Gasteiger partial charge in [0.15, 0.2) is 5.96 Å². The fraction of sp³-hybridized carbons (Fsp3) is 0.778. The Kier molecular flexibility index (Phi) is 8.64. The molecule has 1 aliphatic rings. The Labute approximate surface area is 156 Å². The zero-order valence-corrected chi connectivity index (χ0v) is 17.1. The largest absolute Gasteiger partial charge is 0.356 e. The predicted molar refractivity (Wildman–Crippen MR) is 108 cm³/mol. The van der Waals surface area contributed by atoms with Crippen LogP contribution in [-0.2, 0) is 6.54 Å². The highest BCUT2D eigenvalue weighted by atomic mass is 32.1. The average Bonchev–Trinajstić information content (AvgIpc) is 2.95. The molecular weight excluding hydrogens is 332 g/mol. The SMILES string of the molecule is CCN1CCN(CCCCNC(=NC)NCc2sc(C)nc2C)CC1. The number of piperazine rings is 1. The highest BCUT2D eigenvalue weighted by Gasteiger charge is 2.14. The van der Waals surface area contributed by atoms with Crippen LogP contribution in [0.3, 0.4) is 0 Å². The number of unbranched alkanes of at least 4 members (excludes halogenated alkanes) is 1. The summed E-state index contributed by atoms with van der Waals surface area (Å²) in [6, 6.07) is 0. The minimum Gasteiger partial charge on any atom is -0.356 e. The van der Waals surface area contributed by atoms with Gasteiger partial charge < -0.3 is 20.4 Å². The number of aromatic nitrogens is 1. The first-order valence-corrected chi connectivity index (χ1v) is 10.3. The Hall–Kier alpha value is -1.18. The molecule has 7 heteroatoms. The monoisotopic (exact) mass is 366 g/mol. The maximum absolute atomic E-state index is 4.47. The third-order valence-corrected chi connectivity index (χ3v) is 5.82. The number of rotatable bonds is 8. The van der Waals surface area contributed by atoms with Crippen molar-refractivity contribution in [2.75, 3.05) is 52.9 Å². The lowest BCUT2D eigenvalue weighted by Gasteiger charge is -2.34. The van der Waals surface area contributed by atoms with Gasteiger partial charge in [-0.05, 0) is 39.8 Å². The minimum absolute atomic E-state index is 0.790. The summed E-state index contributed by atoms with van der Waals surface area (Å²) in [7, 11) is 1.83. The van der Waals surface area contributed by atoms with Crippen LogP contribution in [0.15, 0.2) is 4.99 Å². The summed E-state index contributed by atoms with van der Waals surface area (Å²) in [5.41, 5.74) is 1.12. The summed E-state index contributed by atoms with van der Waals surface area (Å²) in [5.74, 6) is 0.877. The van der Waals surface area contributed by atoms with Crippen molar-refractivity contribution in [1.29, 1.82) is 0 Å². The standard InChI is InChI=1S/C18H34N6S/c1-5-23-10-12-24(13-11-23)9-7-6-8-20-18(19-4)21-14-17-15(2)22-16(3)25-17/h5-14H2,1-4H3,(H2,19,20,21). The molecule has 1 saturated heterocycles. The molecule has 6 nitrogen and oxygen atoms in total. The zero-order valence-electron chi connectivity index (χ0n) is 16.3. The topological polar surface area (TPSA) is 55.8 Å². The van der Waals surface area contributed by atoms with Crippen molar-refractivity contribution in [2.45, 2.75) is 40.2 Å². The van der Waals surface area contributed by atoms with Crippen LogP contribution in [0.2, 0.25) is 0 Å². The lowest BCUT2D eigenvalue weighted by molar-refractivity contribution is 0.136. The lowest BCUT2D eigenvalue weighted by atomic mass is 10.2. The van der Waals surface area contributed by atoms with Gasteiger partial charge in [-0.25, -0.2) is 4.98 Å². The van der Waals surface area contributed by atoms with E-state index in [-0.39, 0.29) is 0 Å². The molecule has 0 bridgehead atoms. The molecule has 0 aliphatic carbocycles. The maximum atomic E-state index is 4.47. The van der Waals surface area contributed by atoms with E-state index < -0.39 is 0 Å². The molecule has 0 unspecified atom stereocenters. The highest BCUT2D eigenvalue weighted by Crippen LogP contribution is 2.16. The van der Waals surface area contributed by atoms with Gasteiger partial charge in [0.2, 0.25) is 0 Å². The van der Waals surface area contributed by atoms with Crippen LogP contribution in [0, 0.1) is 13.8 Å². The summed E-state index contributed by atoms with van der Waals surface area (Å²) in [6.45, 7) is 15.4. The number of aryl methyl sites for hydroxylation is 2.